The van der Waals surface area contributed by atoms with Gasteiger partial charge in [0.15, 0.2) is 17.3 Å². The summed E-state index contributed by atoms with van der Waals surface area (Å²) in [5, 5.41) is -1.24. The van der Waals surface area contributed by atoms with Crippen molar-refractivity contribution in [3.05, 3.63) is 0 Å². The quantitative estimate of drug-likeness (QED) is 0.431. The Morgan fingerprint density at radius 2 is 1.82 bits per heavy atom. The molecule has 0 amide bonds. The number of methoxy groups -OCH3 is 1. The van der Waals surface area contributed by atoms with Crippen molar-refractivity contribution in [2.75, 3.05) is 7.11 Å². The number of ketones is 3. The summed E-state index contributed by atoms with van der Waals surface area (Å²) in [5.74, 6) is -4.78. The molecular formula is C15H20Cl2O5. The lowest BCUT2D eigenvalue weighted by atomic mass is 9.62. The van der Waals surface area contributed by atoms with Crippen LogP contribution in [-0.2, 0) is 23.9 Å². The Morgan fingerprint density at radius 1 is 1.27 bits per heavy atom. The number of carbonyl (C=O) groups excluding carboxylic acids is 4. The molecule has 22 heavy (non-hydrogen) atoms. The van der Waals surface area contributed by atoms with Crippen LogP contribution in [-0.4, -0.2) is 40.7 Å². The Labute approximate surface area is 139 Å². The molecule has 1 saturated carbocycles. The number of halogens is 2. The molecule has 0 bridgehead atoms. The molecule has 5 nitrogen and oxygen atoms in total. The number of ether oxygens (including phenoxy) is 1. The van der Waals surface area contributed by atoms with Gasteiger partial charge in [-0.05, 0) is 6.42 Å². The molecule has 3 unspecified atom stereocenters. The van der Waals surface area contributed by atoms with Crippen LogP contribution in [0.25, 0.3) is 0 Å². The van der Waals surface area contributed by atoms with Crippen LogP contribution >= 0.6 is 23.2 Å². The first-order valence-electron chi connectivity index (χ1n) is 7.09. The maximum atomic E-state index is 12.7. The summed E-state index contributed by atoms with van der Waals surface area (Å²) in [5.41, 5.74) is -1.38. The summed E-state index contributed by atoms with van der Waals surface area (Å²) in [6.07, 6.45) is 1.34. The van der Waals surface area contributed by atoms with E-state index in [2.05, 4.69) is 4.74 Å². The Kier molecular flexibility index (Phi) is 5.79. The minimum atomic E-state index is -2.16. The van der Waals surface area contributed by atoms with E-state index in [0.29, 0.717) is 6.42 Å². The highest BCUT2D eigenvalue weighted by Crippen LogP contribution is 2.50. The molecule has 0 aromatic carbocycles. The van der Waals surface area contributed by atoms with Gasteiger partial charge in [-0.25, -0.2) is 4.79 Å². The number of carbonyl (C=O) groups is 4. The number of hydrogen-bond acceptors (Lipinski definition) is 5. The third-order valence-electron chi connectivity index (χ3n) is 4.22. The minimum Gasteiger partial charge on any atom is -0.467 e. The second-order valence-corrected chi connectivity index (χ2v) is 7.01. The first-order chi connectivity index (χ1) is 10.1. The summed E-state index contributed by atoms with van der Waals surface area (Å²) in [7, 11) is 1.09. The summed E-state index contributed by atoms with van der Waals surface area (Å²) < 4.78 is 4.62. The van der Waals surface area contributed by atoms with Crippen LogP contribution in [0.1, 0.15) is 40.0 Å². The van der Waals surface area contributed by atoms with Gasteiger partial charge in [-0.3, -0.25) is 14.4 Å². The fraction of sp³-hybridized carbons (Fsp3) is 0.733. The lowest BCUT2D eigenvalue weighted by molar-refractivity contribution is -0.158. The highest BCUT2D eigenvalue weighted by atomic mass is 35.5. The Bertz CT molecular complexity index is 514. The Hall–Kier alpha value is -0.940. The predicted molar refractivity (Wildman–Crippen MR) is 82.1 cm³/mol. The number of esters is 1. The second kappa shape index (κ2) is 6.67. The highest BCUT2D eigenvalue weighted by Gasteiger charge is 2.68. The predicted octanol–water partition coefficient (Wildman–Crippen LogP) is 2.30. The lowest BCUT2D eigenvalue weighted by Gasteiger charge is -2.46. The van der Waals surface area contributed by atoms with Gasteiger partial charge in [0.05, 0.1) is 7.11 Å². The molecule has 0 aliphatic heterocycles. The molecule has 0 heterocycles. The summed E-state index contributed by atoms with van der Waals surface area (Å²) in [6, 6.07) is 0. The molecule has 0 saturated heterocycles. The van der Waals surface area contributed by atoms with Crippen molar-refractivity contribution in [3.63, 3.8) is 0 Å². The molecule has 1 aliphatic carbocycles. The summed E-state index contributed by atoms with van der Waals surface area (Å²) in [6.45, 7) is 4.76. The molecule has 0 spiro atoms. The number of unbranched alkanes of at least 4 members (excludes halogenated alkanes) is 1. The third-order valence-corrected chi connectivity index (χ3v) is 5.81. The zero-order valence-electron chi connectivity index (χ0n) is 13.1. The number of Topliss-reactive ketones (excluding diaryl/α,β-unsaturated/α-hetero) is 3. The van der Waals surface area contributed by atoms with Crippen molar-refractivity contribution in [1.29, 1.82) is 0 Å². The van der Waals surface area contributed by atoms with Gasteiger partial charge in [-0.15, -0.1) is 11.6 Å². The van der Waals surface area contributed by atoms with Gasteiger partial charge < -0.3 is 4.74 Å². The third kappa shape index (κ3) is 2.69. The van der Waals surface area contributed by atoms with Crippen molar-refractivity contribution in [1.82, 2.24) is 0 Å². The van der Waals surface area contributed by atoms with E-state index in [1.54, 1.807) is 0 Å². The van der Waals surface area contributed by atoms with Gasteiger partial charge in [-0.1, -0.05) is 38.8 Å². The van der Waals surface area contributed by atoms with E-state index in [0.717, 1.165) is 13.5 Å². The van der Waals surface area contributed by atoms with Crippen molar-refractivity contribution in [2.24, 2.45) is 11.3 Å². The van der Waals surface area contributed by atoms with Gasteiger partial charge in [0.1, 0.15) is 11.3 Å². The van der Waals surface area contributed by atoms with Crippen LogP contribution in [0.3, 0.4) is 0 Å². The molecule has 124 valence electrons. The molecule has 0 aromatic rings. The smallest absolute Gasteiger partial charge is 0.335 e. The number of rotatable bonds is 5. The standard InChI is InChI=1S/C15H20Cl2O5/c1-5-6-7-8(18)9-10(19)11(16)14(2,3)15(17,12(9)20)13(21)22-4/h9,11H,5-7H2,1-4H3. The topological polar surface area (TPSA) is 77.5 Å². The largest absolute Gasteiger partial charge is 0.467 e. The second-order valence-electron chi connectivity index (χ2n) is 6.00. The molecule has 0 N–H and O–H groups in total. The molecule has 0 aromatic heterocycles. The van der Waals surface area contributed by atoms with E-state index in [-0.39, 0.29) is 6.42 Å². The van der Waals surface area contributed by atoms with Crippen LogP contribution in [0.5, 0.6) is 0 Å². The van der Waals surface area contributed by atoms with E-state index >= 15 is 0 Å². The van der Waals surface area contributed by atoms with Crippen molar-refractivity contribution in [2.45, 2.75) is 50.3 Å². The monoisotopic (exact) mass is 350 g/mol. The van der Waals surface area contributed by atoms with Crippen molar-refractivity contribution < 1.29 is 23.9 Å². The van der Waals surface area contributed by atoms with Crippen molar-refractivity contribution >= 4 is 46.5 Å². The Balaban J connectivity index is 3.35. The van der Waals surface area contributed by atoms with Gasteiger partial charge in [-0.2, -0.15) is 0 Å². The fourth-order valence-electron chi connectivity index (χ4n) is 2.63. The van der Waals surface area contributed by atoms with Crippen LogP contribution < -0.4 is 0 Å². The summed E-state index contributed by atoms with van der Waals surface area (Å²) in [4.78, 5) is 47.2. The van der Waals surface area contributed by atoms with Crippen LogP contribution in [0.4, 0.5) is 0 Å². The van der Waals surface area contributed by atoms with Crippen LogP contribution in [0, 0.1) is 11.3 Å². The molecule has 1 rings (SSSR count). The minimum absolute atomic E-state index is 0.0663. The van der Waals surface area contributed by atoms with Gasteiger partial charge in [0, 0.05) is 11.8 Å². The lowest BCUT2D eigenvalue weighted by Crippen LogP contribution is -2.67. The van der Waals surface area contributed by atoms with E-state index < -0.39 is 44.9 Å². The molecule has 7 heteroatoms. The maximum absolute atomic E-state index is 12.7. The molecule has 1 fully saturated rings. The first-order valence-corrected chi connectivity index (χ1v) is 7.90. The fourth-order valence-corrected chi connectivity index (χ4v) is 3.27. The zero-order chi connectivity index (χ0) is 17.3. The van der Waals surface area contributed by atoms with Gasteiger partial charge in [0.2, 0.25) is 4.87 Å². The van der Waals surface area contributed by atoms with E-state index in [4.69, 9.17) is 23.2 Å². The number of hydrogen-bond donors (Lipinski definition) is 0. The van der Waals surface area contributed by atoms with Crippen LogP contribution in [0.15, 0.2) is 0 Å². The highest BCUT2D eigenvalue weighted by molar-refractivity contribution is 6.53. The molecule has 3 atom stereocenters. The van der Waals surface area contributed by atoms with E-state index in [1.807, 2.05) is 6.92 Å². The average Bonchev–Trinajstić information content (AvgIpc) is 2.48. The number of alkyl halides is 2. The summed E-state index contributed by atoms with van der Waals surface area (Å²) >= 11 is 12.4. The van der Waals surface area contributed by atoms with Gasteiger partial charge in [0.25, 0.3) is 0 Å². The average molecular weight is 351 g/mol. The van der Waals surface area contributed by atoms with E-state index in [1.165, 1.54) is 13.8 Å². The maximum Gasteiger partial charge on any atom is 0.335 e. The first kappa shape index (κ1) is 19.1. The Morgan fingerprint density at radius 3 is 2.27 bits per heavy atom. The van der Waals surface area contributed by atoms with E-state index in [9.17, 15) is 19.2 Å². The molecule has 0 radical (unpaired) electrons. The van der Waals surface area contributed by atoms with Crippen LogP contribution in [0.2, 0.25) is 0 Å². The van der Waals surface area contributed by atoms with Gasteiger partial charge >= 0.3 is 5.97 Å². The van der Waals surface area contributed by atoms with Crippen molar-refractivity contribution in [3.8, 4) is 0 Å². The molecular weight excluding hydrogens is 331 g/mol. The SMILES string of the molecule is CCCCC(=O)C1C(=O)C(Cl)C(C)(C)C(Cl)(C(=O)OC)C1=O. The molecule has 1 aliphatic rings. The normalized spacial score (nSPS) is 31.0. The zero-order valence-corrected chi connectivity index (χ0v) is 14.6.